The number of hydrogen-bond donors (Lipinski definition) is 0. The van der Waals surface area contributed by atoms with Crippen molar-refractivity contribution < 1.29 is 13.3 Å². The number of rotatable bonds is 5. The van der Waals surface area contributed by atoms with Crippen LogP contribution >= 0.6 is 23.2 Å². The molecule has 1 saturated heterocycles. The fraction of sp³-hybridized carbons (Fsp3) is 0.200. The average molecular weight is 494 g/mol. The third-order valence-electron chi connectivity index (χ3n) is 5.10. The van der Waals surface area contributed by atoms with Crippen LogP contribution in [0.25, 0.3) is 11.3 Å². The number of nitro benzene ring substituents is 1. The van der Waals surface area contributed by atoms with Crippen molar-refractivity contribution in [1.29, 1.82) is 0 Å². The molecule has 3 aromatic rings. The van der Waals surface area contributed by atoms with Crippen LogP contribution < -0.4 is 4.90 Å². The predicted molar refractivity (Wildman–Crippen MR) is 122 cm³/mol. The maximum absolute atomic E-state index is 13.0. The summed E-state index contributed by atoms with van der Waals surface area (Å²) < 4.78 is 27.2. The topological polar surface area (TPSA) is 110 Å². The third-order valence-corrected chi connectivity index (χ3v) is 7.59. The van der Waals surface area contributed by atoms with Gasteiger partial charge in [-0.25, -0.2) is 8.42 Å². The van der Waals surface area contributed by atoms with Crippen LogP contribution in [0, 0.1) is 10.1 Å². The van der Waals surface area contributed by atoms with Crippen molar-refractivity contribution in [2.75, 3.05) is 31.1 Å². The van der Waals surface area contributed by atoms with Gasteiger partial charge >= 0.3 is 0 Å². The number of nitro groups is 1. The summed E-state index contributed by atoms with van der Waals surface area (Å²) in [6.45, 7) is 1.08. The first-order chi connectivity index (χ1) is 15.3. The molecule has 4 rings (SSSR count). The zero-order valence-corrected chi connectivity index (χ0v) is 18.9. The van der Waals surface area contributed by atoms with E-state index in [0.29, 0.717) is 40.2 Å². The van der Waals surface area contributed by atoms with Crippen LogP contribution in [-0.4, -0.2) is 54.0 Å². The Balaban J connectivity index is 1.48. The fourth-order valence-electron chi connectivity index (χ4n) is 3.46. The van der Waals surface area contributed by atoms with E-state index >= 15 is 0 Å². The van der Waals surface area contributed by atoms with Gasteiger partial charge < -0.3 is 4.90 Å². The number of para-hydroxylation sites is 1. The Bertz CT molecular complexity index is 1260. The van der Waals surface area contributed by atoms with Gasteiger partial charge in [0.2, 0.25) is 10.0 Å². The van der Waals surface area contributed by atoms with Crippen LogP contribution in [0.15, 0.2) is 59.5 Å². The molecular formula is C20H17Cl2N5O4S. The zero-order chi connectivity index (χ0) is 22.9. The Hall–Kier alpha value is -2.79. The van der Waals surface area contributed by atoms with Crippen LogP contribution in [0.3, 0.4) is 0 Å². The molecule has 32 heavy (non-hydrogen) atoms. The van der Waals surface area contributed by atoms with E-state index in [-0.39, 0.29) is 18.0 Å². The molecule has 0 spiro atoms. The molecule has 0 saturated carbocycles. The van der Waals surface area contributed by atoms with Crippen LogP contribution in [0.2, 0.25) is 10.0 Å². The average Bonchev–Trinajstić information content (AvgIpc) is 2.79. The van der Waals surface area contributed by atoms with Crippen molar-refractivity contribution in [3.8, 4) is 11.3 Å². The molecule has 0 bridgehead atoms. The van der Waals surface area contributed by atoms with Crippen molar-refractivity contribution in [2.24, 2.45) is 0 Å². The lowest BCUT2D eigenvalue weighted by atomic mass is 10.1. The molecule has 0 aliphatic carbocycles. The molecule has 166 valence electrons. The smallest absolute Gasteiger partial charge is 0.289 e. The number of sulfonamides is 1. The quantitative estimate of drug-likeness (QED) is 0.391. The number of hydrogen-bond acceptors (Lipinski definition) is 7. The minimum absolute atomic E-state index is 0.167. The van der Waals surface area contributed by atoms with Gasteiger partial charge in [0.15, 0.2) is 10.7 Å². The summed E-state index contributed by atoms with van der Waals surface area (Å²) in [4.78, 5) is 12.2. The summed E-state index contributed by atoms with van der Waals surface area (Å²) in [5, 5.41) is 20.7. The van der Waals surface area contributed by atoms with Gasteiger partial charge in [-0.3, -0.25) is 10.1 Å². The van der Waals surface area contributed by atoms with Crippen molar-refractivity contribution in [3.05, 3.63) is 74.8 Å². The highest BCUT2D eigenvalue weighted by molar-refractivity contribution is 7.89. The molecule has 0 N–H and O–H groups in total. The van der Waals surface area contributed by atoms with Gasteiger partial charge in [0.1, 0.15) is 0 Å². The molecule has 12 heteroatoms. The number of halogens is 2. The van der Waals surface area contributed by atoms with E-state index in [2.05, 4.69) is 10.2 Å². The molecule has 0 atom stereocenters. The maximum Gasteiger partial charge on any atom is 0.289 e. The monoisotopic (exact) mass is 493 g/mol. The van der Waals surface area contributed by atoms with Crippen molar-refractivity contribution in [1.82, 2.24) is 14.5 Å². The van der Waals surface area contributed by atoms with Crippen molar-refractivity contribution >= 4 is 44.7 Å². The maximum atomic E-state index is 13.0. The molecule has 1 aliphatic rings. The highest BCUT2D eigenvalue weighted by Gasteiger charge is 2.33. The SMILES string of the molecule is O=[N+]([O-])c1ccccc1S(=O)(=O)N1CCN(c2ccc(-c3ccc(Cl)cc3Cl)nn2)CC1. The molecule has 0 unspecified atom stereocenters. The predicted octanol–water partition coefficient (Wildman–Crippen LogP) is 3.87. The second-order valence-electron chi connectivity index (χ2n) is 7.02. The standard InChI is InChI=1S/C20H17Cl2N5O4S/c21-14-5-6-15(16(22)13-14)17-7-8-20(24-23-17)25-9-11-26(12-10-25)32(30,31)19-4-2-1-3-18(19)27(28)29/h1-8,13H,9-12H2. The fourth-order valence-corrected chi connectivity index (χ4v) is 5.54. The number of anilines is 1. The molecule has 1 aliphatic heterocycles. The summed E-state index contributed by atoms with van der Waals surface area (Å²) in [6.07, 6.45) is 0. The van der Waals surface area contributed by atoms with E-state index in [1.165, 1.54) is 28.6 Å². The van der Waals surface area contributed by atoms with Crippen LogP contribution in [0.4, 0.5) is 11.5 Å². The Morgan fingerprint density at radius 2 is 1.66 bits per heavy atom. The van der Waals surface area contributed by atoms with Crippen LogP contribution in [0.5, 0.6) is 0 Å². The molecule has 9 nitrogen and oxygen atoms in total. The van der Waals surface area contributed by atoms with E-state index in [0.717, 1.165) is 0 Å². The molecule has 0 radical (unpaired) electrons. The molecule has 1 aromatic heterocycles. The lowest BCUT2D eigenvalue weighted by Crippen LogP contribution is -2.49. The Labute approximate surface area is 194 Å². The van der Waals surface area contributed by atoms with Crippen molar-refractivity contribution in [2.45, 2.75) is 4.90 Å². The lowest BCUT2D eigenvalue weighted by Gasteiger charge is -2.34. The summed E-state index contributed by atoms with van der Waals surface area (Å²) in [5.41, 5.74) is 0.862. The minimum atomic E-state index is -3.99. The van der Waals surface area contributed by atoms with Crippen LogP contribution in [0.1, 0.15) is 0 Å². The summed E-state index contributed by atoms with van der Waals surface area (Å²) in [6, 6.07) is 14.0. The van der Waals surface area contributed by atoms with Gasteiger partial charge in [0, 0.05) is 42.8 Å². The highest BCUT2D eigenvalue weighted by Crippen LogP contribution is 2.30. The number of piperazine rings is 1. The van der Waals surface area contributed by atoms with Crippen LogP contribution in [-0.2, 0) is 10.0 Å². The van der Waals surface area contributed by atoms with E-state index in [4.69, 9.17) is 23.2 Å². The number of nitrogens with zero attached hydrogens (tertiary/aromatic N) is 5. The molecule has 1 fully saturated rings. The number of benzene rings is 2. The minimum Gasteiger partial charge on any atom is -0.352 e. The summed E-state index contributed by atoms with van der Waals surface area (Å²) in [5.74, 6) is 0.599. The molecular weight excluding hydrogens is 477 g/mol. The Kier molecular flexibility index (Phi) is 6.29. The number of aromatic nitrogens is 2. The lowest BCUT2D eigenvalue weighted by molar-refractivity contribution is -0.387. The first-order valence-corrected chi connectivity index (χ1v) is 11.7. The van der Waals surface area contributed by atoms with E-state index < -0.39 is 20.6 Å². The van der Waals surface area contributed by atoms with Gasteiger partial charge in [0.25, 0.3) is 5.69 Å². The largest absolute Gasteiger partial charge is 0.352 e. The van der Waals surface area contributed by atoms with Gasteiger partial charge in [-0.15, -0.1) is 10.2 Å². The van der Waals surface area contributed by atoms with Gasteiger partial charge in [-0.2, -0.15) is 4.31 Å². The summed E-state index contributed by atoms with van der Waals surface area (Å²) >= 11 is 12.2. The van der Waals surface area contributed by atoms with Gasteiger partial charge in [-0.1, -0.05) is 35.3 Å². The van der Waals surface area contributed by atoms with E-state index in [1.54, 1.807) is 30.3 Å². The highest BCUT2D eigenvalue weighted by atomic mass is 35.5. The molecule has 0 amide bonds. The van der Waals surface area contributed by atoms with E-state index in [9.17, 15) is 18.5 Å². The Morgan fingerprint density at radius 1 is 0.938 bits per heavy atom. The van der Waals surface area contributed by atoms with Crippen molar-refractivity contribution in [3.63, 3.8) is 0 Å². The van der Waals surface area contributed by atoms with Gasteiger partial charge in [-0.05, 0) is 36.4 Å². The summed E-state index contributed by atoms with van der Waals surface area (Å²) in [7, 11) is -3.99. The first-order valence-electron chi connectivity index (χ1n) is 9.55. The van der Waals surface area contributed by atoms with Gasteiger partial charge in [0.05, 0.1) is 15.6 Å². The molecule has 2 aromatic carbocycles. The van der Waals surface area contributed by atoms with E-state index in [1.807, 2.05) is 4.90 Å². The zero-order valence-electron chi connectivity index (χ0n) is 16.6. The second kappa shape index (κ2) is 8.99. The third kappa shape index (κ3) is 4.40. The normalized spacial score (nSPS) is 15.0. The Morgan fingerprint density at radius 3 is 2.28 bits per heavy atom. The molecule has 2 heterocycles. The first kappa shape index (κ1) is 22.4. The second-order valence-corrected chi connectivity index (χ2v) is 9.77.